The lowest BCUT2D eigenvalue weighted by molar-refractivity contribution is 0.627. The van der Waals surface area contributed by atoms with E-state index in [-0.39, 0.29) is 5.82 Å². The third kappa shape index (κ3) is 3.53. The lowest BCUT2D eigenvalue weighted by Gasteiger charge is -2.19. The van der Waals surface area contributed by atoms with Crippen LogP contribution in [-0.4, -0.2) is 4.57 Å². The van der Waals surface area contributed by atoms with Crippen LogP contribution >= 0.6 is 15.9 Å². The van der Waals surface area contributed by atoms with E-state index in [4.69, 9.17) is 4.42 Å². The zero-order chi connectivity index (χ0) is 26.8. The second kappa shape index (κ2) is 8.94. The molecule has 8 aromatic rings. The van der Waals surface area contributed by atoms with Gasteiger partial charge in [-0.15, -0.1) is 0 Å². The highest BCUT2D eigenvalue weighted by Crippen LogP contribution is 2.43. The van der Waals surface area contributed by atoms with E-state index in [1.165, 1.54) is 16.8 Å². The molecule has 0 saturated heterocycles. The van der Waals surface area contributed by atoms with Crippen LogP contribution in [0, 0.1) is 5.82 Å². The first kappa shape index (κ1) is 23.2. The zero-order valence-electron chi connectivity index (χ0n) is 21.2. The fourth-order valence-electron chi connectivity index (χ4n) is 6.04. The van der Waals surface area contributed by atoms with Gasteiger partial charge in [0.05, 0.1) is 16.7 Å². The summed E-state index contributed by atoms with van der Waals surface area (Å²) in [5, 5.41) is 4.50. The lowest BCUT2D eigenvalue weighted by atomic mass is 9.92. The van der Waals surface area contributed by atoms with Gasteiger partial charge >= 0.3 is 0 Å². The van der Waals surface area contributed by atoms with Crippen LogP contribution in [-0.2, 0) is 0 Å². The van der Waals surface area contributed by atoms with Crippen LogP contribution in [0.3, 0.4) is 0 Å². The monoisotopic (exact) mass is 581 g/mol. The summed E-state index contributed by atoms with van der Waals surface area (Å²) in [6.45, 7) is 0. The minimum atomic E-state index is -0.288. The van der Waals surface area contributed by atoms with Gasteiger partial charge in [-0.2, -0.15) is 0 Å². The average Bonchev–Trinajstić information content (AvgIpc) is 3.52. The number of fused-ring (bicyclic) bond motifs is 6. The predicted octanol–water partition coefficient (Wildman–Crippen LogP) is 10.9. The Balaban J connectivity index is 1.49. The molecule has 0 atom stereocenters. The topological polar surface area (TPSA) is 18.1 Å². The highest BCUT2D eigenvalue weighted by molar-refractivity contribution is 9.10. The Kier molecular flexibility index (Phi) is 5.19. The molecular formula is C36H21BrFNO. The average molecular weight is 582 g/mol. The highest BCUT2D eigenvalue weighted by atomic mass is 79.9. The SMILES string of the molecule is Fc1cc(Br)cc(-c2c(-c3ccc4oc5ccccc5c4c3)cccc2-n2c3ccccc3c3ccccc32)c1. The van der Waals surface area contributed by atoms with Crippen molar-refractivity contribution in [2.24, 2.45) is 0 Å². The van der Waals surface area contributed by atoms with Crippen LogP contribution < -0.4 is 0 Å². The molecule has 0 aliphatic carbocycles. The lowest BCUT2D eigenvalue weighted by Crippen LogP contribution is -1.99. The first-order valence-corrected chi connectivity index (χ1v) is 13.9. The minimum absolute atomic E-state index is 0.288. The first-order valence-electron chi connectivity index (χ1n) is 13.2. The fraction of sp³-hybridized carbons (Fsp3) is 0. The van der Waals surface area contributed by atoms with E-state index >= 15 is 0 Å². The standard InChI is InChI=1S/C36H21BrFNO/c37-24-18-23(19-25(38)21-24)36-26(22-16-17-35-30(20-22)29-10-3-6-15-34(29)40-35)11-7-14-33(36)39-31-12-4-1-8-27(31)28-9-2-5-13-32(28)39/h1-21H. The predicted molar refractivity (Wildman–Crippen MR) is 167 cm³/mol. The molecule has 2 heterocycles. The number of halogens is 2. The summed E-state index contributed by atoms with van der Waals surface area (Å²) in [6.07, 6.45) is 0. The Morgan fingerprint density at radius 1 is 0.550 bits per heavy atom. The number of hydrogen-bond donors (Lipinski definition) is 0. The number of para-hydroxylation sites is 3. The van der Waals surface area contributed by atoms with Gasteiger partial charge in [0.25, 0.3) is 0 Å². The van der Waals surface area contributed by atoms with Crippen LogP contribution in [0.4, 0.5) is 4.39 Å². The summed E-state index contributed by atoms with van der Waals surface area (Å²) in [6, 6.07) is 42.7. The van der Waals surface area contributed by atoms with E-state index in [1.54, 1.807) is 6.07 Å². The van der Waals surface area contributed by atoms with Crippen molar-refractivity contribution in [3.05, 3.63) is 138 Å². The third-order valence-electron chi connectivity index (χ3n) is 7.70. The number of rotatable bonds is 3. The van der Waals surface area contributed by atoms with Crippen LogP contribution in [0.15, 0.2) is 136 Å². The molecule has 0 amide bonds. The molecule has 0 aliphatic rings. The summed E-state index contributed by atoms with van der Waals surface area (Å²) in [5.74, 6) is -0.288. The van der Waals surface area contributed by atoms with Gasteiger partial charge < -0.3 is 8.98 Å². The summed E-state index contributed by atoms with van der Waals surface area (Å²) >= 11 is 3.54. The molecule has 0 saturated carbocycles. The Labute approximate surface area is 238 Å². The van der Waals surface area contributed by atoms with Crippen molar-refractivity contribution < 1.29 is 8.81 Å². The molecule has 40 heavy (non-hydrogen) atoms. The van der Waals surface area contributed by atoms with Gasteiger partial charge in [0, 0.05) is 31.6 Å². The number of nitrogens with zero attached hydrogens (tertiary/aromatic N) is 1. The van der Waals surface area contributed by atoms with E-state index in [1.807, 2.05) is 30.3 Å². The summed E-state index contributed by atoms with van der Waals surface area (Å²) < 4.78 is 24.0. The molecule has 0 unspecified atom stereocenters. The van der Waals surface area contributed by atoms with Crippen LogP contribution in [0.2, 0.25) is 0 Å². The number of aromatic nitrogens is 1. The molecule has 0 N–H and O–H groups in total. The highest BCUT2D eigenvalue weighted by Gasteiger charge is 2.20. The smallest absolute Gasteiger partial charge is 0.135 e. The molecule has 2 aromatic heterocycles. The molecule has 0 bridgehead atoms. The zero-order valence-corrected chi connectivity index (χ0v) is 22.8. The van der Waals surface area contributed by atoms with Gasteiger partial charge in [0.2, 0.25) is 0 Å². The van der Waals surface area contributed by atoms with Gasteiger partial charge in [0.1, 0.15) is 17.0 Å². The summed E-state index contributed by atoms with van der Waals surface area (Å²) in [7, 11) is 0. The molecule has 2 nitrogen and oxygen atoms in total. The summed E-state index contributed by atoms with van der Waals surface area (Å²) in [4.78, 5) is 0. The van der Waals surface area contributed by atoms with Crippen molar-refractivity contribution in [3.63, 3.8) is 0 Å². The van der Waals surface area contributed by atoms with E-state index < -0.39 is 0 Å². The maximum absolute atomic E-state index is 14.9. The molecule has 0 spiro atoms. The minimum Gasteiger partial charge on any atom is -0.456 e. The van der Waals surface area contributed by atoms with E-state index in [2.05, 4.69) is 105 Å². The molecule has 6 aromatic carbocycles. The van der Waals surface area contributed by atoms with Crippen molar-refractivity contribution in [1.82, 2.24) is 4.57 Å². The van der Waals surface area contributed by atoms with Gasteiger partial charge in [0.15, 0.2) is 0 Å². The molecule has 0 aliphatic heterocycles. The second-order valence-corrected chi connectivity index (χ2v) is 11.0. The summed E-state index contributed by atoms with van der Waals surface area (Å²) in [5.41, 5.74) is 8.73. The fourth-order valence-corrected chi connectivity index (χ4v) is 6.51. The quantitative estimate of drug-likeness (QED) is 0.203. The maximum atomic E-state index is 14.9. The molecule has 0 fully saturated rings. The van der Waals surface area contributed by atoms with Crippen LogP contribution in [0.25, 0.3) is 71.7 Å². The number of hydrogen-bond acceptors (Lipinski definition) is 1. The Morgan fingerprint density at radius 3 is 1.98 bits per heavy atom. The third-order valence-corrected chi connectivity index (χ3v) is 8.16. The first-order chi connectivity index (χ1) is 19.7. The number of furan rings is 1. The Hall–Kier alpha value is -4.67. The van der Waals surface area contributed by atoms with Crippen molar-refractivity contribution >= 4 is 59.7 Å². The normalized spacial score (nSPS) is 11.8. The van der Waals surface area contributed by atoms with Gasteiger partial charge in [-0.05, 0) is 71.3 Å². The van der Waals surface area contributed by atoms with Crippen molar-refractivity contribution in [3.8, 4) is 27.9 Å². The van der Waals surface area contributed by atoms with Gasteiger partial charge in [-0.25, -0.2) is 4.39 Å². The van der Waals surface area contributed by atoms with E-state index in [9.17, 15) is 4.39 Å². The maximum Gasteiger partial charge on any atom is 0.135 e. The Morgan fingerprint density at radius 2 is 1.23 bits per heavy atom. The van der Waals surface area contributed by atoms with Crippen LogP contribution in [0.5, 0.6) is 0 Å². The number of benzene rings is 6. The molecule has 0 radical (unpaired) electrons. The molecule has 190 valence electrons. The molecule has 4 heteroatoms. The second-order valence-electron chi connectivity index (χ2n) is 10.0. The van der Waals surface area contributed by atoms with E-state index in [0.717, 1.165) is 60.9 Å². The van der Waals surface area contributed by atoms with Gasteiger partial charge in [-0.3, -0.25) is 0 Å². The van der Waals surface area contributed by atoms with E-state index in [0.29, 0.717) is 4.47 Å². The van der Waals surface area contributed by atoms with Gasteiger partial charge in [-0.1, -0.05) is 88.7 Å². The largest absolute Gasteiger partial charge is 0.456 e. The van der Waals surface area contributed by atoms with Crippen molar-refractivity contribution in [2.75, 3.05) is 0 Å². The van der Waals surface area contributed by atoms with Crippen molar-refractivity contribution in [2.45, 2.75) is 0 Å². The molecular weight excluding hydrogens is 561 g/mol. The molecule has 8 rings (SSSR count). The van der Waals surface area contributed by atoms with Crippen molar-refractivity contribution in [1.29, 1.82) is 0 Å². The van der Waals surface area contributed by atoms with Crippen LogP contribution in [0.1, 0.15) is 0 Å². The Bertz CT molecular complexity index is 2180.